The standard InChI is InChI=1S/C26H38ClN5O/c1-19-12-24(13-20(2)25(19)18-31-16-23(17-31)30(3)4)33-11-5-6-21-7-9-32(10-8-21)26-28-14-22(27)15-29-26/h12-15,21,23H,5-11,16-18H2,1-4H3. The number of anilines is 1. The Hall–Kier alpha value is -1.89. The van der Waals surface area contributed by atoms with Crippen molar-refractivity contribution in [1.29, 1.82) is 0 Å². The lowest BCUT2D eigenvalue weighted by Crippen LogP contribution is -2.56. The van der Waals surface area contributed by atoms with Gasteiger partial charge in [0.05, 0.1) is 24.0 Å². The minimum Gasteiger partial charge on any atom is -0.494 e. The number of nitrogens with zero attached hydrogens (tertiary/aromatic N) is 5. The molecule has 2 fully saturated rings. The predicted molar refractivity (Wildman–Crippen MR) is 135 cm³/mol. The van der Waals surface area contributed by atoms with E-state index < -0.39 is 0 Å². The Morgan fingerprint density at radius 1 is 1.06 bits per heavy atom. The summed E-state index contributed by atoms with van der Waals surface area (Å²) in [5.41, 5.74) is 4.14. The quantitative estimate of drug-likeness (QED) is 0.499. The van der Waals surface area contributed by atoms with Gasteiger partial charge in [-0.3, -0.25) is 4.90 Å². The molecular formula is C26H38ClN5O. The van der Waals surface area contributed by atoms with E-state index in [0.29, 0.717) is 11.1 Å². The van der Waals surface area contributed by atoms with Gasteiger partial charge >= 0.3 is 0 Å². The molecule has 0 bridgehead atoms. The second kappa shape index (κ2) is 11.0. The van der Waals surface area contributed by atoms with Crippen LogP contribution in [0.3, 0.4) is 0 Å². The van der Waals surface area contributed by atoms with Crippen LogP contribution in [-0.4, -0.2) is 72.7 Å². The van der Waals surface area contributed by atoms with Crippen molar-refractivity contribution >= 4 is 17.5 Å². The van der Waals surface area contributed by atoms with Crippen LogP contribution < -0.4 is 9.64 Å². The smallest absolute Gasteiger partial charge is 0.225 e. The van der Waals surface area contributed by atoms with E-state index in [0.717, 1.165) is 63.4 Å². The lowest BCUT2D eigenvalue weighted by Gasteiger charge is -2.43. The lowest BCUT2D eigenvalue weighted by molar-refractivity contribution is 0.0571. The van der Waals surface area contributed by atoms with Crippen molar-refractivity contribution in [2.24, 2.45) is 5.92 Å². The first-order chi connectivity index (χ1) is 15.9. The maximum Gasteiger partial charge on any atom is 0.225 e. The molecule has 2 aromatic rings. The molecule has 0 radical (unpaired) electrons. The molecule has 1 aromatic carbocycles. The first kappa shape index (κ1) is 24.2. The zero-order valence-corrected chi connectivity index (χ0v) is 21.3. The van der Waals surface area contributed by atoms with E-state index in [1.54, 1.807) is 12.4 Å². The van der Waals surface area contributed by atoms with Crippen LogP contribution in [0.5, 0.6) is 5.75 Å². The van der Waals surface area contributed by atoms with Crippen molar-refractivity contribution in [2.45, 2.75) is 52.1 Å². The van der Waals surface area contributed by atoms with E-state index in [9.17, 15) is 0 Å². The number of likely N-dealkylation sites (N-methyl/N-ethyl adjacent to an activating group) is 1. The third-order valence-corrected chi connectivity index (χ3v) is 7.44. The summed E-state index contributed by atoms with van der Waals surface area (Å²) in [5.74, 6) is 2.56. The highest BCUT2D eigenvalue weighted by Gasteiger charge is 2.28. The molecule has 0 atom stereocenters. The molecule has 0 spiro atoms. The van der Waals surface area contributed by atoms with Gasteiger partial charge in [0.1, 0.15) is 5.75 Å². The van der Waals surface area contributed by atoms with Gasteiger partial charge in [0.25, 0.3) is 0 Å². The van der Waals surface area contributed by atoms with Crippen LogP contribution in [0.1, 0.15) is 42.4 Å². The van der Waals surface area contributed by atoms with Gasteiger partial charge in [-0.1, -0.05) is 11.6 Å². The number of benzene rings is 1. The molecule has 2 aliphatic rings. The first-order valence-electron chi connectivity index (χ1n) is 12.2. The number of ether oxygens (including phenoxy) is 1. The molecule has 0 unspecified atom stereocenters. The average Bonchev–Trinajstić information content (AvgIpc) is 2.75. The molecule has 0 amide bonds. The third-order valence-electron chi connectivity index (χ3n) is 7.25. The van der Waals surface area contributed by atoms with Gasteiger partial charge in [-0.15, -0.1) is 0 Å². The van der Waals surface area contributed by atoms with E-state index in [1.165, 1.54) is 36.0 Å². The van der Waals surface area contributed by atoms with Crippen molar-refractivity contribution < 1.29 is 4.74 Å². The Morgan fingerprint density at radius 2 is 1.70 bits per heavy atom. The van der Waals surface area contributed by atoms with Crippen molar-refractivity contribution in [3.8, 4) is 5.75 Å². The first-order valence-corrected chi connectivity index (χ1v) is 12.6. The normalized spacial score (nSPS) is 18.1. The second-order valence-corrected chi connectivity index (χ2v) is 10.4. The predicted octanol–water partition coefficient (Wildman–Crippen LogP) is 4.57. The zero-order chi connectivity index (χ0) is 23.4. The van der Waals surface area contributed by atoms with E-state index >= 15 is 0 Å². The highest BCUT2D eigenvalue weighted by atomic mass is 35.5. The lowest BCUT2D eigenvalue weighted by atomic mass is 9.92. The summed E-state index contributed by atoms with van der Waals surface area (Å²) < 4.78 is 6.15. The fourth-order valence-corrected chi connectivity index (χ4v) is 5.06. The summed E-state index contributed by atoms with van der Waals surface area (Å²) in [7, 11) is 4.34. The highest BCUT2D eigenvalue weighted by molar-refractivity contribution is 6.30. The molecule has 0 aliphatic carbocycles. The summed E-state index contributed by atoms with van der Waals surface area (Å²) in [4.78, 5) is 15.8. The summed E-state index contributed by atoms with van der Waals surface area (Å²) in [6.45, 7) is 10.6. The number of rotatable bonds is 9. The molecule has 180 valence electrons. The minimum absolute atomic E-state index is 0.586. The van der Waals surface area contributed by atoms with Crippen molar-refractivity contribution in [3.63, 3.8) is 0 Å². The largest absolute Gasteiger partial charge is 0.494 e. The molecule has 33 heavy (non-hydrogen) atoms. The summed E-state index contributed by atoms with van der Waals surface area (Å²) >= 11 is 5.90. The van der Waals surface area contributed by atoms with Crippen LogP contribution in [0.4, 0.5) is 5.95 Å². The summed E-state index contributed by atoms with van der Waals surface area (Å²) in [5, 5.41) is 0.586. The Morgan fingerprint density at radius 3 is 2.30 bits per heavy atom. The van der Waals surface area contributed by atoms with Gasteiger partial charge in [0, 0.05) is 38.8 Å². The molecule has 1 aromatic heterocycles. The van der Waals surface area contributed by atoms with Crippen molar-refractivity contribution in [1.82, 2.24) is 19.8 Å². The Balaban J connectivity index is 1.17. The van der Waals surface area contributed by atoms with E-state index in [4.69, 9.17) is 16.3 Å². The number of aryl methyl sites for hydroxylation is 2. The molecule has 2 aliphatic heterocycles. The average molecular weight is 472 g/mol. The third kappa shape index (κ3) is 6.37. The SMILES string of the molecule is Cc1cc(OCCCC2CCN(c3ncc(Cl)cn3)CC2)cc(C)c1CN1CC(N(C)C)C1. The second-order valence-electron chi connectivity index (χ2n) is 9.97. The van der Waals surface area contributed by atoms with Gasteiger partial charge < -0.3 is 14.5 Å². The fraction of sp³-hybridized carbons (Fsp3) is 0.615. The van der Waals surface area contributed by atoms with Gasteiger partial charge in [0.15, 0.2) is 0 Å². The molecule has 7 heteroatoms. The van der Waals surface area contributed by atoms with Crippen LogP contribution >= 0.6 is 11.6 Å². The monoisotopic (exact) mass is 471 g/mol. The van der Waals surface area contributed by atoms with Crippen molar-refractivity contribution in [3.05, 3.63) is 46.2 Å². The zero-order valence-electron chi connectivity index (χ0n) is 20.6. The van der Waals surface area contributed by atoms with Crippen LogP contribution in [0.2, 0.25) is 5.02 Å². The Kier molecular flexibility index (Phi) is 8.10. The topological polar surface area (TPSA) is 44.7 Å². The number of likely N-dealkylation sites (tertiary alicyclic amines) is 1. The van der Waals surface area contributed by atoms with Crippen LogP contribution in [0.25, 0.3) is 0 Å². The van der Waals surface area contributed by atoms with Gasteiger partial charge in [0.2, 0.25) is 5.95 Å². The van der Waals surface area contributed by atoms with Crippen LogP contribution in [0, 0.1) is 19.8 Å². The van der Waals surface area contributed by atoms with E-state index in [2.05, 4.69) is 64.7 Å². The number of hydrogen-bond acceptors (Lipinski definition) is 6. The van der Waals surface area contributed by atoms with Gasteiger partial charge in [-0.05, 0) is 88.4 Å². The number of hydrogen-bond donors (Lipinski definition) is 0. The molecule has 6 nitrogen and oxygen atoms in total. The summed E-state index contributed by atoms with van der Waals surface area (Å²) in [6.07, 6.45) is 8.03. The van der Waals surface area contributed by atoms with Crippen LogP contribution in [-0.2, 0) is 6.54 Å². The molecule has 2 saturated heterocycles. The van der Waals surface area contributed by atoms with Gasteiger partial charge in [-0.2, -0.15) is 0 Å². The number of piperidine rings is 1. The number of aromatic nitrogens is 2. The molecule has 3 heterocycles. The molecular weight excluding hydrogens is 434 g/mol. The van der Waals surface area contributed by atoms with E-state index in [1.807, 2.05) is 0 Å². The maximum absolute atomic E-state index is 6.15. The summed E-state index contributed by atoms with van der Waals surface area (Å²) in [6, 6.07) is 5.14. The maximum atomic E-state index is 6.15. The molecule has 4 rings (SSSR count). The van der Waals surface area contributed by atoms with Gasteiger partial charge in [-0.25, -0.2) is 9.97 Å². The highest BCUT2D eigenvalue weighted by Crippen LogP contribution is 2.27. The molecule has 0 N–H and O–H groups in total. The Bertz CT molecular complexity index is 882. The Labute approximate surface area is 203 Å². The number of halogens is 1. The van der Waals surface area contributed by atoms with Crippen molar-refractivity contribution in [2.75, 3.05) is 51.8 Å². The molecule has 0 saturated carbocycles. The van der Waals surface area contributed by atoms with Crippen LogP contribution in [0.15, 0.2) is 24.5 Å². The van der Waals surface area contributed by atoms with E-state index in [-0.39, 0.29) is 0 Å². The minimum atomic E-state index is 0.586. The fourth-order valence-electron chi connectivity index (χ4n) is 4.96.